The van der Waals surface area contributed by atoms with E-state index in [9.17, 15) is 0 Å². The number of nitrogens with one attached hydrogen (secondary N) is 1. The van der Waals surface area contributed by atoms with Gasteiger partial charge in [-0.25, -0.2) is 10.5 Å². The van der Waals surface area contributed by atoms with E-state index in [4.69, 9.17) is 10.9 Å². The number of rotatable bonds is 6. The molecule has 9 heteroatoms. The van der Waals surface area contributed by atoms with Crippen LogP contribution in [0.15, 0.2) is 18.5 Å². The van der Waals surface area contributed by atoms with E-state index in [2.05, 4.69) is 25.5 Å². The Morgan fingerprint density at radius 2 is 2.26 bits per heavy atom. The van der Waals surface area contributed by atoms with Gasteiger partial charge in [0, 0.05) is 25.5 Å². The molecule has 19 heavy (non-hydrogen) atoms. The van der Waals surface area contributed by atoms with Gasteiger partial charge in [0.1, 0.15) is 0 Å². The van der Waals surface area contributed by atoms with Crippen LogP contribution in [0, 0.1) is 0 Å². The molecule has 0 unspecified atom stereocenters. The molecule has 0 aromatic carbocycles. The first kappa shape index (κ1) is 13.2. The summed E-state index contributed by atoms with van der Waals surface area (Å²) in [5.74, 6) is 6.39. The average Bonchev–Trinajstić information content (AvgIpc) is 2.98. The maximum atomic E-state index is 9.04. The van der Waals surface area contributed by atoms with E-state index >= 15 is 0 Å². The zero-order chi connectivity index (χ0) is 13.7. The van der Waals surface area contributed by atoms with Crippen LogP contribution < -0.4 is 16.2 Å². The van der Waals surface area contributed by atoms with E-state index in [1.807, 2.05) is 11.8 Å². The van der Waals surface area contributed by atoms with Gasteiger partial charge in [0.2, 0.25) is 11.9 Å². The van der Waals surface area contributed by atoms with Crippen molar-refractivity contribution in [2.24, 2.45) is 5.84 Å². The summed E-state index contributed by atoms with van der Waals surface area (Å²) in [6.07, 6.45) is 3.35. The molecular weight excluding hydrogens is 248 g/mol. The van der Waals surface area contributed by atoms with Crippen molar-refractivity contribution in [3.63, 3.8) is 0 Å². The van der Waals surface area contributed by atoms with Crippen LogP contribution in [0.25, 0.3) is 5.95 Å². The molecule has 0 spiro atoms. The van der Waals surface area contributed by atoms with Gasteiger partial charge in [-0.05, 0) is 13.0 Å². The van der Waals surface area contributed by atoms with Gasteiger partial charge in [-0.15, -0.1) is 0 Å². The monoisotopic (exact) mass is 264 g/mol. The smallest absolute Gasteiger partial charge is 0.257 e. The number of hydrazine groups is 1. The molecule has 0 bridgehead atoms. The zero-order valence-corrected chi connectivity index (χ0v) is 10.6. The third-order valence-electron chi connectivity index (χ3n) is 2.48. The summed E-state index contributed by atoms with van der Waals surface area (Å²) >= 11 is 0. The lowest BCUT2D eigenvalue weighted by Crippen LogP contribution is -2.29. The van der Waals surface area contributed by atoms with Crippen LogP contribution in [-0.4, -0.2) is 49.5 Å². The minimum atomic E-state index is 0.0159. The largest absolute Gasteiger partial charge is 0.395 e. The van der Waals surface area contributed by atoms with Crippen molar-refractivity contribution in [1.82, 2.24) is 24.7 Å². The number of nitrogens with zero attached hydrogens (tertiary/aromatic N) is 6. The highest BCUT2D eigenvalue weighted by Crippen LogP contribution is 2.12. The molecule has 2 aromatic rings. The molecule has 2 heterocycles. The van der Waals surface area contributed by atoms with Gasteiger partial charge in [0.25, 0.3) is 5.95 Å². The number of aliphatic hydroxyl groups is 1. The molecule has 9 nitrogen and oxygen atoms in total. The van der Waals surface area contributed by atoms with E-state index in [1.54, 1.807) is 18.5 Å². The van der Waals surface area contributed by atoms with Crippen LogP contribution in [0.5, 0.6) is 0 Å². The Labute approximate surface area is 110 Å². The summed E-state index contributed by atoms with van der Waals surface area (Å²) in [7, 11) is 0. The summed E-state index contributed by atoms with van der Waals surface area (Å²) < 4.78 is 1.51. The Hall–Kier alpha value is -2.26. The standard InChI is InChI=1S/C10H16N8O/c1-2-17(6-7-19)9-13-8(16-11)14-10(15-9)18-5-3-4-12-18/h3-5,19H,2,6-7,11H2,1H3,(H,13,14,15,16). The van der Waals surface area contributed by atoms with Crippen LogP contribution in [0.1, 0.15) is 6.92 Å². The molecule has 0 aliphatic heterocycles. The maximum Gasteiger partial charge on any atom is 0.257 e. The van der Waals surface area contributed by atoms with Gasteiger partial charge in [-0.2, -0.15) is 20.1 Å². The molecule has 2 aromatic heterocycles. The fourth-order valence-electron chi connectivity index (χ4n) is 1.57. The van der Waals surface area contributed by atoms with Crippen molar-refractivity contribution in [2.75, 3.05) is 30.0 Å². The molecule has 2 rings (SSSR count). The lowest BCUT2D eigenvalue weighted by molar-refractivity contribution is 0.301. The zero-order valence-electron chi connectivity index (χ0n) is 10.6. The number of nitrogens with two attached hydrogens (primary N) is 1. The van der Waals surface area contributed by atoms with Gasteiger partial charge < -0.3 is 10.0 Å². The lowest BCUT2D eigenvalue weighted by atomic mass is 10.5. The van der Waals surface area contributed by atoms with Crippen LogP contribution >= 0.6 is 0 Å². The van der Waals surface area contributed by atoms with E-state index in [0.29, 0.717) is 25.0 Å². The molecule has 0 saturated carbocycles. The fourth-order valence-corrected chi connectivity index (χ4v) is 1.57. The number of hydrogen-bond donors (Lipinski definition) is 3. The number of aromatic nitrogens is 5. The van der Waals surface area contributed by atoms with Gasteiger partial charge in [-0.1, -0.05) is 0 Å². The molecule has 0 fully saturated rings. The summed E-state index contributed by atoms with van der Waals surface area (Å²) in [6.45, 7) is 3.06. The van der Waals surface area contributed by atoms with Crippen molar-refractivity contribution < 1.29 is 5.11 Å². The van der Waals surface area contributed by atoms with Crippen molar-refractivity contribution in [3.05, 3.63) is 18.5 Å². The van der Waals surface area contributed by atoms with Gasteiger partial charge >= 0.3 is 0 Å². The SMILES string of the molecule is CCN(CCO)c1nc(NN)nc(-n2cccn2)n1. The van der Waals surface area contributed by atoms with E-state index in [1.165, 1.54) is 4.68 Å². The quantitative estimate of drug-likeness (QED) is 0.456. The number of aliphatic hydroxyl groups excluding tert-OH is 1. The Morgan fingerprint density at radius 1 is 1.42 bits per heavy atom. The molecular formula is C10H16N8O. The van der Waals surface area contributed by atoms with Crippen LogP contribution in [0.3, 0.4) is 0 Å². The molecule has 102 valence electrons. The van der Waals surface area contributed by atoms with Crippen molar-refractivity contribution in [1.29, 1.82) is 0 Å². The highest BCUT2D eigenvalue weighted by atomic mass is 16.3. The Kier molecular flexibility index (Phi) is 4.21. The third-order valence-corrected chi connectivity index (χ3v) is 2.48. The molecule has 0 radical (unpaired) electrons. The fraction of sp³-hybridized carbons (Fsp3) is 0.400. The highest BCUT2D eigenvalue weighted by Gasteiger charge is 2.12. The number of nitrogen functional groups attached to an aromatic ring is 1. The van der Waals surface area contributed by atoms with Crippen molar-refractivity contribution >= 4 is 11.9 Å². The number of likely N-dealkylation sites (N-methyl/N-ethyl adjacent to an activating group) is 1. The van der Waals surface area contributed by atoms with Crippen LogP contribution in [-0.2, 0) is 0 Å². The third kappa shape index (κ3) is 2.95. The lowest BCUT2D eigenvalue weighted by Gasteiger charge is -2.20. The van der Waals surface area contributed by atoms with Crippen LogP contribution in [0.2, 0.25) is 0 Å². The highest BCUT2D eigenvalue weighted by molar-refractivity contribution is 5.39. The molecule has 0 saturated heterocycles. The van der Waals surface area contributed by atoms with Crippen molar-refractivity contribution in [3.8, 4) is 5.95 Å². The topological polar surface area (TPSA) is 118 Å². The van der Waals surface area contributed by atoms with Gasteiger partial charge in [0.15, 0.2) is 0 Å². The molecule has 0 atom stereocenters. The van der Waals surface area contributed by atoms with E-state index in [0.717, 1.165) is 0 Å². The van der Waals surface area contributed by atoms with Gasteiger partial charge in [0.05, 0.1) is 6.61 Å². The number of hydrogen-bond acceptors (Lipinski definition) is 8. The second-order valence-corrected chi connectivity index (χ2v) is 3.66. The number of anilines is 2. The molecule has 0 aliphatic rings. The summed E-state index contributed by atoms with van der Waals surface area (Å²) in [6, 6.07) is 1.77. The summed E-state index contributed by atoms with van der Waals surface area (Å²) in [4.78, 5) is 14.4. The second-order valence-electron chi connectivity index (χ2n) is 3.66. The molecule has 0 amide bonds. The normalized spacial score (nSPS) is 10.5. The van der Waals surface area contributed by atoms with E-state index < -0.39 is 0 Å². The first-order chi connectivity index (χ1) is 9.28. The Balaban J connectivity index is 2.41. The first-order valence-electron chi connectivity index (χ1n) is 5.87. The summed E-state index contributed by atoms with van der Waals surface area (Å²) in [5.41, 5.74) is 2.40. The molecule has 0 aliphatic carbocycles. The Morgan fingerprint density at radius 3 is 2.84 bits per heavy atom. The minimum Gasteiger partial charge on any atom is -0.395 e. The molecule has 4 N–H and O–H groups in total. The Bertz CT molecular complexity index is 514. The first-order valence-corrected chi connectivity index (χ1v) is 5.87. The summed E-state index contributed by atoms with van der Waals surface area (Å²) in [5, 5.41) is 13.1. The second kappa shape index (κ2) is 6.07. The maximum absolute atomic E-state index is 9.04. The van der Waals surface area contributed by atoms with Crippen LogP contribution in [0.4, 0.5) is 11.9 Å². The average molecular weight is 264 g/mol. The predicted molar refractivity (Wildman–Crippen MR) is 69.7 cm³/mol. The minimum absolute atomic E-state index is 0.0159. The van der Waals surface area contributed by atoms with Gasteiger partial charge in [-0.3, -0.25) is 5.43 Å². The predicted octanol–water partition coefficient (Wildman–Crippen LogP) is -0.838. The van der Waals surface area contributed by atoms with Crippen molar-refractivity contribution in [2.45, 2.75) is 6.92 Å². The van der Waals surface area contributed by atoms with E-state index in [-0.39, 0.29) is 12.6 Å².